The molecule has 0 aliphatic carbocycles. The van der Waals surface area contributed by atoms with Crippen molar-refractivity contribution in [3.8, 4) is 5.88 Å². The van der Waals surface area contributed by atoms with Crippen LogP contribution in [0.15, 0.2) is 9.90 Å². The summed E-state index contributed by atoms with van der Waals surface area (Å²) in [7, 11) is 0. The van der Waals surface area contributed by atoms with Gasteiger partial charge < -0.3 is 10.8 Å². The number of urea groups is 1. The number of aromatic amines is 1. The summed E-state index contributed by atoms with van der Waals surface area (Å²) in [6.07, 6.45) is 2.72. The number of rotatable bonds is 5. The molecule has 1 aromatic heterocycles. The van der Waals surface area contributed by atoms with Crippen molar-refractivity contribution in [2.24, 2.45) is 10.8 Å². The van der Waals surface area contributed by atoms with Crippen LogP contribution in [0.2, 0.25) is 0 Å². The van der Waals surface area contributed by atoms with Gasteiger partial charge in [0, 0.05) is 6.54 Å². The van der Waals surface area contributed by atoms with Gasteiger partial charge in [0.1, 0.15) is 5.56 Å². The number of H-pyrrole nitrogens is 1. The van der Waals surface area contributed by atoms with Crippen LogP contribution in [-0.4, -0.2) is 26.9 Å². The van der Waals surface area contributed by atoms with Gasteiger partial charge in [0.2, 0.25) is 5.88 Å². The number of unbranched alkanes of at least 4 members (excludes halogenated alkanes) is 1. The van der Waals surface area contributed by atoms with E-state index in [0.29, 0.717) is 6.54 Å². The van der Waals surface area contributed by atoms with Gasteiger partial charge in [0.25, 0.3) is 5.56 Å². The largest absolute Gasteiger partial charge is 0.494 e. The molecule has 0 aliphatic rings. The zero-order chi connectivity index (χ0) is 14.4. The molecule has 0 unspecified atom stereocenters. The van der Waals surface area contributed by atoms with E-state index in [2.05, 4.69) is 10.1 Å². The van der Waals surface area contributed by atoms with E-state index in [9.17, 15) is 14.7 Å². The van der Waals surface area contributed by atoms with Crippen LogP contribution < -0.4 is 16.7 Å². The molecule has 0 saturated carbocycles. The summed E-state index contributed by atoms with van der Waals surface area (Å²) in [6, 6.07) is -0.870. The quantitative estimate of drug-likeness (QED) is 0.355. The van der Waals surface area contributed by atoms with Crippen LogP contribution in [0.25, 0.3) is 0 Å². The number of hydrogen-bond acceptors (Lipinski definition) is 5. The molecule has 1 aromatic rings. The number of hydrazone groups is 1. The van der Waals surface area contributed by atoms with Crippen molar-refractivity contribution in [3.63, 3.8) is 0 Å². The van der Waals surface area contributed by atoms with E-state index in [4.69, 9.17) is 18.0 Å². The van der Waals surface area contributed by atoms with E-state index in [1.165, 1.54) is 4.57 Å². The smallest absolute Gasteiger partial charge is 0.332 e. The average molecular weight is 285 g/mol. The van der Waals surface area contributed by atoms with Crippen molar-refractivity contribution in [1.82, 2.24) is 15.0 Å². The molecular weight excluding hydrogens is 270 g/mol. The maximum absolute atomic E-state index is 11.6. The monoisotopic (exact) mass is 285 g/mol. The van der Waals surface area contributed by atoms with Crippen LogP contribution in [0.1, 0.15) is 25.3 Å². The molecule has 0 bridgehead atoms. The van der Waals surface area contributed by atoms with Gasteiger partial charge in [-0.2, -0.15) is 5.10 Å². The molecule has 0 spiro atoms. The fourth-order valence-corrected chi connectivity index (χ4v) is 1.65. The summed E-state index contributed by atoms with van der Waals surface area (Å²) in [4.78, 5) is 24.5. The van der Waals surface area contributed by atoms with Gasteiger partial charge >= 0.3 is 6.03 Å². The number of carbonyl (C=O) groups is 1. The van der Waals surface area contributed by atoms with Crippen molar-refractivity contribution in [2.75, 3.05) is 0 Å². The highest BCUT2D eigenvalue weighted by atomic mass is 32.1. The first-order valence-corrected chi connectivity index (χ1v) is 6.02. The molecule has 19 heavy (non-hydrogen) atoms. The molecule has 0 aliphatic heterocycles. The van der Waals surface area contributed by atoms with Gasteiger partial charge in [0.15, 0.2) is 4.77 Å². The van der Waals surface area contributed by atoms with Gasteiger partial charge in [-0.15, -0.1) is 0 Å². The number of aromatic hydroxyl groups is 1. The van der Waals surface area contributed by atoms with Crippen molar-refractivity contribution in [2.45, 2.75) is 26.3 Å². The highest BCUT2D eigenvalue weighted by molar-refractivity contribution is 7.71. The van der Waals surface area contributed by atoms with Crippen molar-refractivity contribution >= 4 is 24.5 Å². The first kappa shape index (κ1) is 14.9. The Morgan fingerprint density at radius 2 is 2.37 bits per heavy atom. The second kappa shape index (κ2) is 6.69. The maximum atomic E-state index is 11.6. The molecule has 0 saturated heterocycles. The standard InChI is InChI=1S/C10H15N5O3S/c1-2-3-4-15-8(17)6(5-12-14-9(11)18)7(16)13-10(15)19/h5,17H,2-4H2,1H3,(H3,11,14,18)(H,13,16,19)/b12-5+. The third-order valence-electron chi connectivity index (χ3n) is 2.31. The van der Waals surface area contributed by atoms with Gasteiger partial charge in [-0.25, -0.2) is 10.2 Å². The molecule has 104 valence electrons. The Bertz CT molecular complexity index is 604. The number of primary amides is 1. The number of aromatic nitrogens is 2. The minimum atomic E-state index is -0.870. The molecule has 0 aromatic carbocycles. The lowest BCUT2D eigenvalue weighted by molar-refractivity contribution is 0.249. The fraction of sp³-hybridized carbons (Fsp3) is 0.400. The minimum Gasteiger partial charge on any atom is -0.494 e. The zero-order valence-electron chi connectivity index (χ0n) is 10.3. The molecule has 1 rings (SSSR count). The fourth-order valence-electron chi connectivity index (χ4n) is 1.38. The normalized spacial score (nSPS) is 10.8. The molecule has 0 radical (unpaired) electrons. The van der Waals surface area contributed by atoms with Gasteiger partial charge in [-0.3, -0.25) is 14.3 Å². The third-order valence-corrected chi connectivity index (χ3v) is 2.63. The second-order valence-corrected chi connectivity index (χ2v) is 4.12. The van der Waals surface area contributed by atoms with E-state index >= 15 is 0 Å². The first-order valence-electron chi connectivity index (χ1n) is 5.62. The maximum Gasteiger partial charge on any atom is 0.332 e. The van der Waals surface area contributed by atoms with Crippen LogP contribution in [-0.2, 0) is 6.54 Å². The SMILES string of the molecule is CCCCn1c(O)c(/C=N/NC(N)=O)c(=O)[nH]c1=S. The van der Waals surface area contributed by atoms with Crippen molar-refractivity contribution in [3.05, 3.63) is 20.7 Å². The van der Waals surface area contributed by atoms with Crippen LogP contribution >= 0.6 is 12.2 Å². The summed E-state index contributed by atoms with van der Waals surface area (Å²) < 4.78 is 1.53. The summed E-state index contributed by atoms with van der Waals surface area (Å²) >= 11 is 4.97. The molecule has 5 N–H and O–H groups in total. The molecular formula is C10H15N5O3S. The van der Waals surface area contributed by atoms with E-state index in [1.807, 2.05) is 12.3 Å². The lowest BCUT2D eigenvalue weighted by Gasteiger charge is -2.10. The predicted molar refractivity (Wildman–Crippen MR) is 72.8 cm³/mol. The zero-order valence-corrected chi connectivity index (χ0v) is 11.2. The molecule has 9 heteroatoms. The Balaban J connectivity index is 3.17. The third kappa shape index (κ3) is 3.91. The van der Waals surface area contributed by atoms with Crippen molar-refractivity contribution < 1.29 is 9.90 Å². The summed E-state index contributed by atoms with van der Waals surface area (Å²) in [5, 5.41) is 13.4. The van der Waals surface area contributed by atoms with Crippen LogP contribution in [0.4, 0.5) is 4.79 Å². The van der Waals surface area contributed by atoms with Crippen LogP contribution in [0, 0.1) is 4.77 Å². The minimum absolute atomic E-state index is 0.0987. The highest BCUT2D eigenvalue weighted by Gasteiger charge is 2.10. The topological polar surface area (TPSA) is 125 Å². The van der Waals surface area contributed by atoms with E-state index in [-0.39, 0.29) is 16.2 Å². The molecule has 0 atom stereocenters. The number of carbonyl (C=O) groups excluding carboxylic acids is 1. The Hall–Kier alpha value is -2.16. The molecule has 1 heterocycles. The van der Waals surface area contributed by atoms with E-state index in [1.54, 1.807) is 0 Å². The van der Waals surface area contributed by atoms with Gasteiger partial charge in [0.05, 0.1) is 6.21 Å². The number of nitrogens with zero attached hydrogens (tertiary/aromatic N) is 2. The van der Waals surface area contributed by atoms with Crippen LogP contribution in [0.5, 0.6) is 5.88 Å². The summed E-state index contributed by atoms with van der Waals surface area (Å²) in [5.74, 6) is -0.294. The highest BCUT2D eigenvalue weighted by Crippen LogP contribution is 2.12. The van der Waals surface area contributed by atoms with Crippen molar-refractivity contribution in [1.29, 1.82) is 0 Å². The number of hydrogen-bond donors (Lipinski definition) is 4. The average Bonchev–Trinajstić information content (AvgIpc) is 2.32. The molecule has 8 nitrogen and oxygen atoms in total. The van der Waals surface area contributed by atoms with Gasteiger partial charge in [-0.1, -0.05) is 13.3 Å². The molecule has 0 fully saturated rings. The summed E-state index contributed by atoms with van der Waals surface area (Å²) in [6.45, 7) is 2.47. The number of nitrogens with two attached hydrogens (primary N) is 1. The lowest BCUT2D eigenvalue weighted by atomic mass is 10.3. The Morgan fingerprint density at radius 1 is 1.68 bits per heavy atom. The van der Waals surface area contributed by atoms with Crippen LogP contribution in [0.3, 0.4) is 0 Å². The Labute approximate surface area is 114 Å². The lowest BCUT2D eigenvalue weighted by Crippen LogP contribution is -2.25. The van der Waals surface area contributed by atoms with E-state index < -0.39 is 11.6 Å². The first-order chi connectivity index (χ1) is 8.97. The number of amides is 2. The second-order valence-electron chi connectivity index (χ2n) is 3.74. The molecule has 2 amide bonds. The Kier molecular flexibility index (Phi) is 5.24. The summed E-state index contributed by atoms with van der Waals surface area (Å²) in [5.41, 5.74) is 6.06. The van der Waals surface area contributed by atoms with Gasteiger partial charge in [-0.05, 0) is 18.6 Å². The predicted octanol–water partition coefficient (Wildman–Crippen LogP) is 0.414. The number of nitrogens with one attached hydrogen (secondary N) is 2. The Morgan fingerprint density at radius 3 is 2.95 bits per heavy atom. The van der Waals surface area contributed by atoms with E-state index in [0.717, 1.165) is 19.1 Å².